The van der Waals surface area contributed by atoms with Gasteiger partial charge in [-0.1, -0.05) is 13.8 Å². The largest absolute Gasteiger partial charge is 0.481 e. The molecule has 23 heteroatoms. The predicted molar refractivity (Wildman–Crippen MR) is 181 cm³/mol. The Hall–Kier alpha value is -5.42. The molecule has 0 aromatic carbocycles. The molecule has 0 spiro atoms. The molecule has 1 saturated heterocycles. The Morgan fingerprint density at radius 1 is 0.722 bits per heavy atom. The van der Waals surface area contributed by atoms with Crippen LogP contribution in [0.2, 0.25) is 0 Å². The van der Waals surface area contributed by atoms with Gasteiger partial charge in [0.1, 0.15) is 36.3 Å². The number of nitrogens with zero attached hydrogens (tertiary/aromatic N) is 1. The van der Waals surface area contributed by atoms with E-state index in [1.165, 1.54) is 0 Å². The van der Waals surface area contributed by atoms with Crippen molar-refractivity contribution in [1.29, 1.82) is 0 Å². The Labute approximate surface area is 308 Å². The summed E-state index contributed by atoms with van der Waals surface area (Å²) in [5, 5.41) is 58.4. The first-order chi connectivity index (χ1) is 25.1. The molecule has 23 nitrogen and oxygen atoms in total. The van der Waals surface area contributed by atoms with Crippen molar-refractivity contribution in [2.45, 2.75) is 114 Å². The number of carboxylic acid groups (broad SMARTS) is 3. The molecule has 54 heavy (non-hydrogen) atoms. The minimum atomic E-state index is -1.87. The lowest BCUT2D eigenvalue weighted by Gasteiger charge is -2.29. The van der Waals surface area contributed by atoms with Gasteiger partial charge in [-0.25, -0.2) is 4.79 Å². The number of nitrogens with one attached hydrogen (secondary N) is 5. The number of carbonyl (C=O) groups is 10. The summed E-state index contributed by atoms with van der Waals surface area (Å²) >= 11 is 0. The van der Waals surface area contributed by atoms with Crippen LogP contribution in [0.15, 0.2) is 0 Å². The van der Waals surface area contributed by atoms with Crippen LogP contribution in [-0.4, -0.2) is 151 Å². The highest BCUT2D eigenvalue weighted by atomic mass is 16.4. The van der Waals surface area contributed by atoms with Crippen molar-refractivity contribution in [3.63, 3.8) is 0 Å². The van der Waals surface area contributed by atoms with E-state index < -0.39 is 140 Å². The summed E-state index contributed by atoms with van der Waals surface area (Å²) in [7, 11) is 0. The number of likely N-dealkylation sites (tertiary alicyclic amines) is 1. The van der Waals surface area contributed by atoms with E-state index in [1.807, 2.05) is 10.6 Å². The molecule has 1 fully saturated rings. The minimum absolute atomic E-state index is 0.0421. The maximum absolute atomic E-state index is 13.5. The Kier molecular flexibility index (Phi) is 18.9. The van der Waals surface area contributed by atoms with E-state index in [0.29, 0.717) is 6.42 Å². The van der Waals surface area contributed by atoms with Crippen LogP contribution >= 0.6 is 0 Å². The number of amides is 7. The van der Waals surface area contributed by atoms with Crippen molar-refractivity contribution >= 4 is 59.3 Å². The number of nitrogens with two attached hydrogens (primary N) is 2. The molecule has 304 valence electrons. The number of rotatable bonds is 23. The molecule has 0 bridgehead atoms. The lowest BCUT2D eigenvalue weighted by Crippen LogP contribution is -2.62. The monoisotopic (exact) mass is 774 g/mol. The van der Waals surface area contributed by atoms with Crippen LogP contribution in [0.3, 0.4) is 0 Å². The second-order valence-electron chi connectivity index (χ2n) is 13.1. The molecular formula is C31H50N8O15. The maximum atomic E-state index is 13.5. The molecule has 0 radical (unpaired) electrons. The van der Waals surface area contributed by atoms with Crippen molar-refractivity contribution in [2.75, 3.05) is 13.2 Å². The van der Waals surface area contributed by atoms with Gasteiger partial charge in [0.25, 0.3) is 0 Å². The van der Waals surface area contributed by atoms with Crippen LogP contribution in [0.25, 0.3) is 0 Å². The first-order valence-corrected chi connectivity index (χ1v) is 16.9. The summed E-state index contributed by atoms with van der Waals surface area (Å²) < 4.78 is 0. The van der Waals surface area contributed by atoms with E-state index in [0.717, 1.165) is 11.8 Å². The normalized spacial score (nSPS) is 17.8. The van der Waals surface area contributed by atoms with Gasteiger partial charge in [-0.05, 0) is 38.5 Å². The maximum Gasteiger partial charge on any atom is 0.326 e. The Morgan fingerprint density at radius 2 is 1.26 bits per heavy atom. The summed E-state index contributed by atoms with van der Waals surface area (Å²) in [4.78, 5) is 125. The van der Waals surface area contributed by atoms with Crippen molar-refractivity contribution < 1.29 is 73.5 Å². The van der Waals surface area contributed by atoms with Gasteiger partial charge >= 0.3 is 17.9 Å². The molecule has 0 unspecified atom stereocenters. The van der Waals surface area contributed by atoms with Gasteiger partial charge in [0.2, 0.25) is 41.4 Å². The van der Waals surface area contributed by atoms with Crippen LogP contribution in [-0.2, 0) is 47.9 Å². The van der Waals surface area contributed by atoms with Crippen molar-refractivity contribution in [3.05, 3.63) is 0 Å². The van der Waals surface area contributed by atoms with Gasteiger partial charge in [-0.15, -0.1) is 0 Å². The smallest absolute Gasteiger partial charge is 0.326 e. The lowest BCUT2D eigenvalue weighted by atomic mass is 10.0. The second kappa shape index (κ2) is 21.9. The molecular weight excluding hydrogens is 724 g/mol. The number of carboxylic acids is 3. The van der Waals surface area contributed by atoms with E-state index in [4.69, 9.17) is 16.6 Å². The molecule has 0 aromatic heterocycles. The number of aliphatic carboxylic acids is 3. The highest BCUT2D eigenvalue weighted by Gasteiger charge is 2.39. The van der Waals surface area contributed by atoms with E-state index in [2.05, 4.69) is 16.0 Å². The van der Waals surface area contributed by atoms with Crippen molar-refractivity contribution in [1.82, 2.24) is 31.5 Å². The molecule has 1 heterocycles. The summed E-state index contributed by atoms with van der Waals surface area (Å²) in [6.07, 6.45) is -3.91. The first-order valence-electron chi connectivity index (χ1n) is 16.9. The molecule has 1 rings (SSSR count). The topological polar surface area (TPSA) is 387 Å². The molecule has 1 aliphatic rings. The van der Waals surface area contributed by atoms with Gasteiger partial charge < -0.3 is 68.5 Å². The van der Waals surface area contributed by atoms with Crippen LogP contribution < -0.4 is 38.1 Å². The molecule has 14 N–H and O–H groups in total. The number of aliphatic hydroxyl groups is 2. The Balaban J connectivity index is 3.22. The highest BCUT2D eigenvalue weighted by Crippen LogP contribution is 2.20. The summed E-state index contributed by atoms with van der Waals surface area (Å²) in [5.41, 5.74) is 10.8. The number of primary amides is 1. The fraction of sp³-hybridized carbons (Fsp3) is 0.677. The standard InChI is InChI=1S/C31H50N8O15/c1-13(2)9-17(26(48)34-16(6-7-22(43)44)30(52)39-8-4-5-20(39)31(53)54)35-27(49)18(11-21(33)42)36-28(50)19(12-40)37-29(51)24(14(3)41)38-25(47)15(32)10-23(45)46/h13-20,24,40-41H,4-12,32H2,1-3H3,(H2,33,42)(H,34,48)(H,35,49)(H,36,50)(H,37,51)(H,38,47)(H,43,44)(H,45,46)(H,53,54)/t14-,15+,16+,17+,18+,19+,20+,24+/m1/s1. The first kappa shape index (κ1) is 46.6. The predicted octanol–water partition coefficient (Wildman–Crippen LogP) is -5.55. The highest BCUT2D eigenvalue weighted by molar-refractivity contribution is 5.98. The molecule has 0 aromatic rings. The van der Waals surface area contributed by atoms with E-state index >= 15 is 0 Å². The number of carbonyl (C=O) groups excluding carboxylic acids is 7. The Bertz CT molecular complexity index is 1420. The molecule has 7 amide bonds. The zero-order valence-electron chi connectivity index (χ0n) is 30.0. The zero-order valence-corrected chi connectivity index (χ0v) is 30.0. The minimum Gasteiger partial charge on any atom is -0.481 e. The second-order valence-corrected chi connectivity index (χ2v) is 13.1. The van der Waals surface area contributed by atoms with E-state index in [-0.39, 0.29) is 25.3 Å². The van der Waals surface area contributed by atoms with Gasteiger partial charge in [-0.2, -0.15) is 0 Å². The van der Waals surface area contributed by atoms with Crippen LogP contribution in [0.5, 0.6) is 0 Å². The molecule has 0 saturated carbocycles. The quantitative estimate of drug-likeness (QED) is 0.0460. The van der Waals surface area contributed by atoms with Crippen molar-refractivity contribution in [2.24, 2.45) is 17.4 Å². The van der Waals surface area contributed by atoms with Gasteiger partial charge in [0, 0.05) is 13.0 Å². The lowest BCUT2D eigenvalue weighted by molar-refractivity contribution is -0.150. The average Bonchev–Trinajstić information content (AvgIpc) is 3.56. The summed E-state index contributed by atoms with van der Waals surface area (Å²) in [5.74, 6) is -12.1. The SMILES string of the molecule is CC(C)C[C@H](NC(=O)[C@H](CC(N)=O)NC(=O)[C@H](CO)NC(=O)[C@@H](NC(=O)[C@@H](N)CC(=O)O)[C@@H](C)O)C(=O)N[C@@H](CCC(=O)O)C(=O)N1CCC[C@H]1C(=O)O. The fourth-order valence-electron chi connectivity index (χ4n) is 5.34. The number of hydrogen-bond donors (Lipinski definition) is 12. The van der Waals surface area contributed by atoms with Gasteiger partial charge in [0.15, 0.2) is 0 Å². The molecule has 0 aliphatic carbocycles. The van der Waals surface area contributed by atoms with Crippen molar-refractivity contribution in [3.8, 4) is 0 Å². The third-order valence-electron chi connectivity index (χ3n) is 8.07. The number of aliphatic hydroxyl groups excluding tert-OH is 2. The third kappa shape index (κ3) is 15.3. The fourth-order valence-corrected chi connectivity index (χ4v) is 5.34. The van der Waals surface area contributed by atoms with Crippen LogP contribution in [0.4, 0.5) is 0 Å². The van der Waals surface area contributed by atoms with E-state index in [1.54, 1.807) is 13.8 Å². The number of hydrogen-bond acceptors (Lipinski definition) is 13. The Morgan fingerprint density at radius 3 is 1.76 bits per heavy atom. The zero-order chi connectivity index (χ0) is 41.4. The van der Waals surface area contributed by atoms with Crippen LogP contribution in [0.1, 0.15) is 65.7 Å². The van der Waals surface area contributed by atoms with Crippen LogP contribution in [0, 0.1) is 5.92 Å². The van der Waals surface area contributed by atoms with Gasteiger partial charge in [-0.3, -0.25) is 43.2 Å². The summed E-state index contributed by atoms with van der Waals surface area (Å²) in [6, 6.07) is -11.3. The summed E-state index contributed by atoms with van der Waals surface area (Å²) in [6.45, 7) is 3.33. The molecule has 1 aliphatic heterocycles. The average molecular weight is 775 g/mol. The molecule has 8 atom stereocenters. The third-order valence-corrected chi connectivity index (χ3v) is 8.07. The van der Waals surface area contributed by atoms with E-state index in [9.17, 15) is 68.4 Å². The van der Waals surface area contributed by atoms with Gasteiger partial charge in [0.05, 0.1) is 31.6 Å².